The number of hydrogen-bond donors (Lipinski definition) is 1. The van der Waals surface area contributed by atoms with Crippen LogP contribution in [0.15, 0.2) is 17.0 Å². The summed E-state index contributed by atoms with van der Waals surface area (Å²) in [5.41, 5.74) is 7.36. The summed E-state index contributed by atoms with van der Waals surface area (Å²) < 4.78 is 27.3. The fraction of sp³-hybridized carbons (Fsp3) is 0.600. The van der Waals surface area contributed by atoms with Gasteiger partial charge in [0.05, 0.1) is 4.90 Å². The van der Waals surface area contributed by atoms with E-state index in [1.807, 2.05) is 0 Å². The van der Waals surface area contributed by atoms with Crippen molar-refractivity contribution in [3.63, 3.8) is 0 Å². The van der Waals surface area contributed by atoms with Gasteiger partial charge in [0.2, 0.25) is 10.0 Å². The maximum atomic E-state index is 12.9. The lowest BCUT2D eigenvalue weighted by atomic mass is 9.83. The Morgan fingerprint density at radius 3 is 2.38 bits per heavy atom. The summed E-state index contributed by atoms with van der Waals surface area (Å²) in [6.45, 7) is 7.53. The van der Waals surface area contributed by atoms with E-state index in [0.717, 1.165) is 18.4 Å². The van der Waals surface area contributed by atoms with Crippen molar-refractivity contribution in [2.75, 3.05) is 13.1 Å². The molecule has 0 spiro atoms. The zero-order chi connectivity index (χ0) is 15.8. The first-order chi connectivity index (χ1) is 9.67. The molecule has 6 heteroatoms. The van der Waals surface area contributed by atoms with Crippen LogP contribution >= 0.6 is 11.6 Å². The van der Waals surface area contributed by atoms with Gasteiger partial charge in [0.1, 0.15) is 0 Å². The Hall–Kier alpha value is -0.620. The van der Waals surface area contributed by atoms with Crippen molar-refractivity contribution in [1.29, 1.82) is 0 Å². The molecule has 1 aromatic rings. The molecule has 1 heterocycles. The number of piperidine rings is 1. The Labute approximate surface area is 132 Å². The molecule has 0 atom stereocenters. The zero-order valence-electron chi connectivity index (χ0n) is 12.8. The molecule has 1 aromatic carbocycles. The molecule has 0 unspecified atom stereocenters. The van der Waals surface area contributed by atoms with E-state index in [9.17, 15) is 8.42 Å². The zero-order valence-corrected chi connectivity index (χ0v) is 14.4. The van der Waals surface area contributed by atoms with Gasteiger partial charge >= 0.3 is 0 Å². The first kappa shape index (κ1) is 16.7. The topological polar surface area (TPSA) is 63.4 Å². The minimum absolute atomic E-state index is 0.206. The maximum absolute atomic E-state index is 12.9. The lowest BCUT2D eigenvalue weighted by molar-refractivity contribution is 0.196. The van der Waals surface area contributed by atoms with Gasteiger partial charge in [0.15, 0.2) is 0 Å². The average Bonchev–Trinajstić information content (AvgIpc) is 2.40. The lowest BCUT2D eigenvalue weighted by Gasteiger charge is -2.36. The molecule has 1 saturated heterocycles. The number of rotatable bonds is 3. The van der Waals surface area contributed by atoms with Crippen molar-refractivity contribution in [2.24, 2.45) is 11.1 Å². The molecule has 118 valence electrons. The third-order valence-electron chi connectivity index (χ3n) is 4.35. The van der Waals surface area contributed by atoms with Crippen LogP contribution in [0.3, 0.4) is 0 Å². The highest BCUT2D eigenvalue weighted by molar-refractivity contribution is 7.89. The van der Waals surface area contributed by atoms with Gasteiger partial charge in [0, 0.05) is 24.7 Å². The van der Waals surface area contributed by atoms with E-state index < -0.39 is 10.0 Å². The van der Waals surface area contributed by atoms with Crippen molar-refractivity contribution in [1.82, 2.24) is 4.31 Å². The standard InChI is InChI=1S/C15H23ClN2O2S/c1-11-12(10-17)8-13(16)9-14(11)21(19,20)18-6-4-15(2,3)5-7-18/h8-9H,4-7,10,17H2,1-3H3. The average molecular weight is 331 g/mol. The van der Waals surface area contributed by atoms with E-state index in [1.54, 1.807) is 17.3 Å². The maximum Gasteiger partial charge on any atom is 0.243 e. The Bertz CT molecular complexity index is 631. The van der Waals surface area contributed by atoms with Crippen molar-refractivity contribution in [3.05, 3.63) is 28.3 Å². The third kappa shape index (κ3) is 3.42. The largest absolute Gasteiger partial charge is 0.326 e. The summed E-state index contributed by atoms with van der Waals surface area (Å²) in [5, 5.41) is 0.414. The second-order valence-corrected chi connectivity index (χ2v) is 8.80. The normalized spacial score (nSPS) is 19.7. The van der Waals surface area contributed by atoms with E-state index in [1.165, 1.54) is 6.07 Å². The molecule has 0 bridgehead atoms. The van der Waals surface area contributed by atoms with Crippen molar-refractivity contribution < 1.29 is 8.42 Å². The number of sulfonamides is 1. The van der Waals surface area contributed by atoms with Crippen LogP contribution in [0.1, 0.15) is 37.8 Å². The number of nitrogens with zero attached hydrogens (tertiary/aromatic N) is 1. The summed E-state index contributed by atoms with van der Waals surface area (Å²) in [7, 11) is -3.50. The number of nitrogens with two attached hydrogens (primary N) is 1. The Morgan fingerprint density at radius 1 is 1.29 bits per heavy atom. The fourth-order valence-corrected chi connectivity index (χ4v) is 4.70. The smallest absolute Gasteiger partial charge is 0.243 e. The van der Waals surface area contributed by atoms with E-state index in [-0.39, 0.29) is 16.9 Å². The summed E-state index contributed by atoms with van der Waals surface area (Å²) in [5.74, 6) is 0. The van der Waals surface area contributed by atoms with Crippen LogP contribution in [0, 0.1) is 12.3 Å². The molecule has 0 saturated carbocycles. The number of halogens is 1. The van der Waals surface area contributed by atoms with Gasteiger partial charge in [0.25, 0.3) is 0 Å². The van der Waals surface area contributed by atoms with Gasteiger partial charge in [-0.1, -0.05) is 25.4 Å². The summed E-state index contributed by atoms with van der Waals surface area (Å²) in [4.78, 5) is 0.287. The van der Waals surface area contributed by atoms with E-state index in [4.69, 9.17) is 17.3 Å². The Morgan fingerprint density at radius 2 is 1.86 bits per heavy atom. The molecular weight excluding hydrogens is 308 g/mol. The summed E-state index contributed by atoms with van der Waals surface area (Å²) >= 11 is 6.05. The molecule has 0 aliphatic carbocycles. The highest BCUT2D eigenvalue weighted by Crippen LogP contribution is 2.34. The highest BCUT2D eigenvalue weighted by atomic mass is 35.5. The molecule has 1 aliphatic heterocycles. The van der Waals surface area contributed by atoms with Crippen LogP contribution in [0.25, 0.3) is 0 Å². The van der Waals surface area contributed by atoms with Crippen LogP contribution in [0.4, 0.5) is 0 Å². The van der Waals surface area contributed by atoms with Gasteiger partial charge in [-0.3, -0.25) is 0 Å². The molecule has 0 aromatic heterocycles. The molecule has 4 nitrogen and oxygen atoms in total. The van der Waals surface area contributed by atoms with E-state index in [2.05, 4.69) is 13.8 Å². The van der Waals surface area contributed by atoms with E-state index in [0.29, 0.717) is 23.7 Å². The minimum atomic E-state index is -3.50. The molecule has 0 radical (unpaired) electrons. The third-order valence-corrected chi connectivity index (χ3v) is 6.59. The van der Waals surface area contributed by atoms with Gasteiger partial charge in [-0.2, -0.15) is 4.31 Å². The predicted molar refractivity (Wildman–Crippen MR) is 85.9 cm³/mol. The molecule has 21 heavy (non-hydrogen) atoms. The molecule has 2 rings (SSSR count). The lowest BCUT2D eigenvalue weighted by Crippen LogP contribution is -2.41. The fourth-order valence-electron chi connectivity index (χ4n) is 2.66. The van der Waals surface area contributed by atoms with Gasteiger partial charge < -0.3 is 5.73 Å². The van der Waals surface area contributed by atoms with Crippen LogP contribution in [-0.4, -0.2) is 25.8 Å². The minimum Gasteiger partial charge on any atom is -0.326 e. The second kappa shape index (κ2) is 5.88. The van der Waals surface area contributed by atoms with Crippen molar-refractivity contribution in [2.45, 2.75) is 45.1 Å². The van der Waals surface area contributed by atoms with E-state index >= 15 is 0 Å². The number of benzene rings is 1. The number of hydrogen-bond acceptors (Lipinski definition) is 3. The van der Waals surface area contributed by atoms with Crippen molar-refractivity contribution >= 4 is 21.6 Å². The monoisotopic (exact) mass is 330 g/mol. The highest BCUT2D eigenvalue weighted by Gasteiger charge is 2.33. The van der Waals surface area contributed by atoms with Crippen LogP contribution < -0.4 is 5.73 Å². The molecule has 0 amide bonds. The molecule has 2 N–H and O–H groups in total. The van der Waals surface area contributed by atoms with Gasteiger partial charge in [-0.25, -0.2) is 8.42 Å². The van der Waals surface area contributed by atoms with Crippen molar-refractivity contribution in [3.8, 4) is 0 Å². The SMILES string of the molecule is Cc1c(CN)cc(Cl)cc1S(=O)(=O)N1CCC(C)(C)CC1. The van der Waals surface area contributed by atoms with Crippen LogP contribution in [0.2, 0.25) is 5.02 Å². The predicted octanol–water partition coefficient (Wildman–Crippen LogP) is 2.92. The van der Waals surface area contributed by atoms with Gasteiger partial charge in [-0.15, -0.1) is 0 Å². The van der Waals surface area contributed by atoms with Gasteiger partial charge in [-0.05, 0) is 48.4 Å². The first-order valence-corrected chi connectivity index (χ1v) is 8.98. The molecule has 1 aliphatic rings. The second-order valence-electron chi connectivity index (χ2n) is 6.46. The Kier molecular flexibility index (Phi) is 4.69. The first-order valence-electron chi connectivity index (χ1n) is 7.17. The van der Waals surface area contributed by atoms with Crippen LogP contribution in [0.5, 0.6) is 0 Å². The Balaban J connectivity index is 2.39. The summed E-state index contributed by atoms with van der Waals surface area (Å²) in [6.07, 6.45) is 1.74. The quantitative estimate of drug-likeness (QED) is 0.926. The molecular formula is C15H23ClN2O2S. The summed E-state index contributed by atoms with van der Waals surface area (Å²) in [6, 6.07) is 3.26. The van der Waals surface area contributed by atoms with Crippen LogP contribution in [-0.2, 0) is 16.6 Å². The molecule has 1 fully saturated rings.